The average molecular weight is 252 g/mol. The molecule has 0 spiro atoms. The molecule has 1 aliphatic heterocycles. The standard InChI is InChI=1S/C12H14ClN3O/c13-6-7-15-8-9-16(12(15)17)14-10-11-4-2-1-3-5-11/h1-5,10H,6-9H2/b14-10+. The third kappa shape index (κ3) is 2.97. The van der Waals surface area contributed by atoms with Gasteiger partial charge in [-0.15, -0.1) is 11.6 Å². The van der Waals surface area contributed by atoms with Gasteiger partial charge < -0.3 is 4.90 Å². The molecule has 90 valence electrons. The second kappa shape index (κ2) is 5.68. The van der Waals surface area contributed by atoms with Crippen LogP contribution in [0.4, 0.5) is 4.79 Å². The highest BCUT2D eigenvalue weighted by Crippen LogP contribution is 2.09. The van der Waals surface area contributed by atoms with Crippen molar-refractivity contribution in [3.05, 3.63) is 35.9 Å². The molecule has 0 unspecified atom stereocenters. The van der Waals surface area contributed by atoms with Gasteiger partial charge in [0.2, 0.25) is 0 Å². The van der Waals surface area contributed by atoms with Gasteiger partial charge in [-0.05, 0) is 5.56 Å². The summed E-state index contributed by atoms with van der Waals surface area (Å²) in [4.78, 5) is 13.5. The lowest BCUT2D eigenvalue weighted by Crippen LogP contribution is -2.30. The predicted molar refractivity (Wildman–Crippen MR) is 68.4 cm³/mol. The Morgan fingerprint density at radius 1 is 1.29 bits per heavy atom. The summed E-state index contributed by atoms with van der Waals surface area (Å²) in [5.74, 6) is 0.460. The first-order valence-electron chi connectivity index (χ1n) is 5.52. The monoisotopic (exact) mass is 251 g/mol. The van der Waals surface area contributed by atoms with E-state index in [2.05, 4.69) is 5.10 Å². The molecule has 17 heavy (non-hydrogen) atoms. The van der Waals surface area contributed by atoms with Crippen molar-refractivity contribution in [1.29, 1.82) is 0 Å². The van der Waals surface area contributed by atoms with E-state index in [1.165, 1.54) is 5.01 Å². The maximum atomic E-state index is 11.8. The van der Waals surface area contributed by atoms with Gasteiger partial charge >= 0.3 is 6.03 Å². The number of carbonyl (C=O) groups excluding carboxylic acids is 1. The van der Waals surface area contributed by atoms with Crippen molar-refractivity contribution >= 4 is 23.8 Å². The smallest absolute Gasteiger partial charge is 0.320 e. The molecule has 0 aliphatic carbocycles. The molecular formula is C12H14ClN3O. The molecule has 0 aromatic heterocycles. The minimum atomic E-state index is -0.0715. The number of urea groups is 1. The van der Waals surface area contributed by atoms with Crippen LogP contribution < -0.4 is 0 Å². The first kappa shape index (κ1) is 11.9. The van der Waals surface area contributed by atoms with E-state index in [1.54, 1.807) is 11.1 Å². The average Bonchev–Trinajstić information content (AvgIpc) is 2.70. The van der Waals surface area contributed by atoms with Gasteiger partial charge in [0.15, 0.2) is 0 Å². The zero-order chi connectivity index (χ0) is 12.1. The van der Waals surface area contributed by atoms with Crippen LogP contribution in [0.1, 0.15) is 5.56 Å². The molecule has 1 aliphatic rings. The van der Waals surface area contributed by atoms with Gasteiger partial charge in [-0.25, -0.2) is 9.80 Å². The Kier molecular flexibility index (Phi) is 3.98. The molecule has 0 bridgehead atoms. The van der Waals surface area contributed by atoms with Crippen molar-refractivity contribution in [2.75, 3.05) is 25.5 Å². The number of amides is 2. The molecule has 0 radical (unpaired) electrons. The maximum absolute atomic E-state index is 11.8. The minimum absolute atomic E-state index is 0.0715. The van der Waals surface area contributed by atoms with Crippen LogP contribution in [0.5, 0.6) is 0 Å². The highest BCUT2D eigenvalue weighted by molar-refractivity contribution is 6.18. The van der Waals surface area contributed by atoms with Crippen LogP contribution in [0.3, 0.4) is 0 Å². The van der Waals surface area contributed by atoms with Gasteiger partial charge in [0.1, 0.15) is 0 Å². The lowest BCUT2D eigenvalue weighted by molar-refractivity contribution is 0.195. The van der Waals surface area contributed by atoms with E-state index < -0.39 is 0 Å². The Bertz CT molecular complexity index is 407. The molecule has 0 N–H and O–H groups in total. The fourth-order valence-electron chi connectivity index (χ4n) is 1.66. The van der Waals surface area contributed by atoms with E-state index >= 15 is 0 Å². The van der Waals surface area contributed by atoms with Gasteiger partial charge in [0.05, 0.1) is 12.8 Å². The van der Waals surface area contributed by atoms with E-state index in [4.69, 9.17) is 11.6 Å². The first-order valence-corrected chi connectivity index (χ1v) is 6.06. The summed E-state index contributed by atoms with van der Waals surface area (Å²) < 4.78 is 0. The maximum Gasteiger partial charge on any atom is 0.340 e. The number of hydrogen-bond acceptors (Lipinski definition) is 2. The number of hydrazone groups is 1. The van der Waals surface area contributed by atoms with Gasteiger partial charge in [-0.3, -0.25) is 0 Å². The molecule has 0 saturated carbocycles. The third-order valence-electron chi connectivity index (χ3n) is 2.57. The Morgan fingerprint density at radius 3 is 2.76 bits per heavy atom. The topological polar surface area (TPSA) is 35.9 Å². The molecule has 1 aromatic carbocycles. The molecular weight excluding hydrogens is 238 g/mol. The van der Waals surface area contributed by atoms with Crippen LogP contribution in [0.2, 0.25) is 0 Å². The number of nitrogens with zero attached hydrogens (tertiary/aromatic N) is 3. The van der Waals surface area contributed by atoms with E-state index in [0.29, 0.717) is 25.5 Å². The molecule has 4 nitrogen and oxygen atoms in total. The van der Waals surface area contributed by atoms with Crippen LogP contribution in [0, 0.1) is 0 Å². The first-order chi connectivity index (χ1) is 8.31. The lowest BCUT2D eigenvalue weighted by atomic mass is 10.2. The lowest BCUT2D eigenvalue weighted by Gasteiger charge is -2.13. The van der Waals surface area contributed by atoms with Crippen LogP contribution in [-0.2, 0) is 0 Å². The van der Waals surface area contributed by atoms with Crippen molar-refractivity contribution in [2.45, 2.75) is 0 Å². The largest absolute Gasteiger partial charge is 0.340 e. The van der Waals surface area contributed by atoms with Gasteiger partial charge in [0, 0.05) is 19.0 Å². The predicted octanol–water partition coefficient (Wildman–Crippen LogP) is 2.00. The van der Waals surface area contributed by atoms with Crippen LogP contribution in [-0.4, -0.2) is 47.7 Å². The van der Waals surface area contributed by atoms with E-state index in [0.717, 1.165) is 5.56 Å². The fraction of sp³-hybridized carbons (Fsp3) is 0.333. The van der Waals surface area contributed by atoms with Crippen molar-refractivity contribution in [1.82, 2.24) is 9.91 Å². The summed E-state index contributed by atoms with van der Waals surface area (Å²) in [5, 5.41) is 5.65. The third-order valence-corrected chi connectivity index (χ3v) is 2.74. The van der Waals surface area contributed by atoms with Crippen molar-refractivity contribution in [2.24, 2.45) is 5.10 Å². The molecule has 0 atom stereocenters. The summed E-state index contributed by atoms with van der Waals surface area (Å²) in [7, 11) is 0. The van der Waals surface area contributed by atoms with Crippen molar-refractivity contribution in [3.8, 4) is 0 Å². The highest BCUT2D eigenvalue weighted by Gasteiger charge is 2.27. The highest BCUT2D eigenvalue weighted by atomic mass is 35.5. The number of halogens is 1. The summed E-state index contributed by atoms with van der Waals surface area (Å²) in [6, 6.07) is 9.64. The normalized spacial score (nSPS) is 16.2. The van der Waals surface area contributed by atoms with Gasteiger partial charge in [0.25, 0.3) is 0 Å². The summed E-state index contributed by atoms with van der Waals surface area (Å²) in [5.41, 5.74) is 0.982. The number of rotatable bonds is 4. The number of alkyl halides is 1. The minimum Gasteiger partial charge on any atom is -0.320 e. The van der Waals surface area contributed by atoms with E-state index in [-0.39, 0.29) is 6.03 Å². The Labute approximate surface area is 105 Å². The second-order valence-corrected chi connectivity index (χ2v) is 4.11. The molecule has 1 heterocycles. The number of carbonyl (C=O) groups is 1. The number of hydrogen-bond donors (Lipinski definition) is 0. The quantitative estimate of drug-likeness (QED) is 0.596. The van der Waals surface area contributed by atoms with Crippen molar-refractivity contribution in [3.63, 3.8) is 0 Å². The zero-order valence-electron chi connectivity index (χ0n) is 9.42. The fourth-order valence-corrected chi connectivity index (χ4v) is 1.87. The zero-order valence-corrected chi connectivity index (χ0v) is 10.2. The van der Waals surface area contributed by atoms with Gasteiger partial charge in [-0.2, -0.15) is 5.10 Å². The van der Waals surface area contributed by atoms with Crippen molar-refractivity contribution < 1.29 is 4.79 Å². The van der Waals surface area contributed by atoms with Crippen LogP contribution in [0.15, 0.2) is 35.4 Å². The molecule has 5 heteroatoms. The summed E-state index contributed by atoms with van der Waals surface area (Å²) >= 11 is 5.62. The Balaban J connectivity index is 1.97. The number of benzene rings is 1. The Morgan fingerprint density at radius 2 is 2.06 bits per heavy atom. The molecule has 2 amide bonds. The molecule has 1 saturated heterocycles. The summed E-state index contributed by atoms with van der Waals surface area (Å²) in [6.45, 7) is 1.90. The Hall–Kier alpha value is -1.55. The van der Waals surface area contributed by atoms with Crippen LogP contribution >= 0.6 is 11.6 Å². The SMILES string of the molecule is O=C1N(CCCl)CCN1/N=C/c1ccccc1. The second-order valence-electron chi connectivity index (χ2n) is 3.74. The van der Waals surface area contributed by atoms with Crippen LogP contribution in [0.25, 0.3) is 0 Å². The van der Waals surface area contributed by atoms with E-state index in [1.807, 2.05) is 30.3 Å². The van der Waals surface area contributed by atoms with Gasteiger partial charge in [-0.1, -0.05) is 30.3 Å². The molecule has 1 fully saturated rings. The molecule has 2 rings (SSSR count). The summed E-state index contributed by atoms with van der Waals surface area (Å²) in [6.07, 6.45) is 1.70. The molecule has 1 aromatic rings. The van der Waals surface area contributed by atoms with E-state index in [9.17, 15) is 4.79 Å².